The van der Waals surface area contributed by atoms with Crippen molar-refractivity contribution in [2.45, 2.75) is 38.8 Å². The Bertz CT molecular complexity index is 1050. The van der Waals surface area contributed by atoms with Gasteiger partial charge in [-0.05, 0) is 56.5 Å². The smallest absolute Gasteiger partial charge is 0.295 e. The maximum absolute atomic E-state index is 13.2. The topological polar surface area (TPSA) is 98.2 Å². The molecule has 33 heavy (non-hydrogen) atoms. The third-order valence-corrected chi connectivity index (χ3v) is 5.81. The van der Waals surface area contributed by atoms with E-state index in [-0.39, 0.29) is 24.0 Å². The summed E-state index contributed by atoms with van der Waals surface area (Å²) in [5.74, 6) is -0.709. The van der Waals surface area contributed by atoms with Gasteiger partial charge >= 0.3 is 0 Å². The van der Waals surface area contributed by atoms with E-state index in [1.54, 1.807) is 42.7 Å². The second kappa shape index (κ2) is 10.0. The first kappa shape index (κ1) is 22.8. The predicted molar refractivity (Wildman–Crippen MR) is 121 cm³/mol. The molecule has 2 aliphatic rings. The van der Waals surface area contributed by atoms with Crippen LogP contribution in [-0.2, 0) is 14.3 Å². The summed E-state index contributed by atoms with van der Waals surface area (Å²) in [4.78, 5) is 31.8. The maximum Gasteiger partial charge on any atom is 0.295 e. The molecule has 0 spiro atoms. The summed E-state index contributed by atoms with van der Waals surface area (Å²) in [5.41, 5.74) is 1.04. The van der Waals surface area contributed by atoms with Crippen LogP contribution in [0.3, 0.4) is 0 Å². The molecule has 1 N–H and O–H groups in total. The number of nitrogens with zero attached hydrogens (tertiary/aromatic N) is 2. The van der Waals surface area contributed by atoms with Crippen molar-refractivity contribution in [1.29, 1.82) is 0 Å². The number of Topliss-reactive ketones (excluding diaryl/α,β-unsaturated/α-hetero) is 1. The van der Waals surface area contributed by atoms with Crippen molar-refractivity contribution in [3.8, 4) is 11.5 Å². The normalized spacial score (nSPS) is 22.1. The monoisotopic (exact) mass is 452 g/mol. The molecule has 2 fully saturated rings. The van der Waals surface area contributed by atoms with Crippen molar-refractivity contribution >= 4 is 17.4 Å². The van der Waals surface area contributed by atoms with Gasteiger partial charge in [-0.1, -0.05) is 0 Å². The van der Waals surface area contributed by atoms with Crippen LogP contribution in [0, 0.1) is 0 Å². The van der Waals surface area contributed by atoms with E-state index in [0.717, 1.165) is 12.8 Å². The van der Waals surface area contributed by atoms with Gasteiger partial charge in [0.25, 0.3) is 11.7 Å². The third-order valence-electron chi connectivity index (χ3n) is 5.81. The van der Waals surface area contributed by atoms with Crippen molar-refractivity contribution in [3.63, 3.8) is 0 Å². The first-order valence-electron chi connectivity index (χ1n) is 11.2. The van der Waals surface area contributed by atoms with Crippen LogP contribution in [0.25, 0.3) is 5.76 Å². The molecule has 8 nitrogen and oxygen atoms in total. The van der Waals surface area contributed by atoms with Gasteiger partial charge in [-0.3, -0.25) is 14.6 Å². The highest BCUT2D eigenvalue weighted by atomic mass is 16.5. The summed E-state index contributed by atoms with van der Waals surface area (Å²) >= 11 is 0. The lowest BCUT2D eigenvalue weighted by Gasteiger charge is -2.27. The van der Waals surface area contributed by atoms with E-state index in [9.17, 15) is 14.7 Å². The molecule has 0 saturated carbocycles. The molecule has 1 amide bonds. The first-order valence-corrected chi connectivity index (χ1v) is 11.2. The highest BCUT2D eigenvalue weighted by Gasteiger charge is 2.47. The van der Waals surface area contributed by atoms with Gasteiger partial charge in [-0.25, -0.2) is 0 Å². The summed E-state index contributed by atoms with van der Waals surface area (Å²) in [5, 5.41) is 11.4. The number of aliphatic hydroxyl groups excluding tert-OH is 1. The number of aliphatic hydroxyl groups is 1. The van der Waals surface area contributed by atoms with E-state index in [4.69, 9.17) is 14.2 Å². The lowest BCUT2D eigenvalue weighted by molar-refractivity contribution is -0.140. The predicted octanol–water partition coefficient (Wildman–Crippen LogP) is 3.48. The molecule has 0 radical (unpaired) electrons. The number of ketones is 1. The van der Waals surface area contributed by atoms with E-state index in [0.29, 0.717) is 42.4 Å². The lowest BCUT2D eigenvalue weighted by Crippen LogP contribution is -2.36. The number of likely N-dealkylation sites (tertiary alicyclic amines) is 1. The van der Waals surface area contributed by atoms with Gasteiger partial charge in [-0.2, -0.15) is 0 Å². The van der Waals surface area contributed by atoms with Crippen LogP contribution in [0.15, 0.2) is 48.3 Å². The van der Waals surface area contributed by atoms with Gasteiger partial charge in [0.05, 0.1) is 36.5 Å². The van der Waals surface area contributed by atoms with Gasteiger partial charge < -0.3 is 24.2 Å². The fraction of sp³-hybridized carbons (Fsp3) is 0.400. The molecule has 4 rings (SSSR count). The number of carbonyl (C=O) groups is 2. The van der Waals surface area contributed by atoms with E-state index < -0.39 is 17.7 Å². The molecular weight excluding hydrogens is 424 g/mol. The molecular formula is C25H28N2O6. The second-order valence-electron chi connectivity index (χ2n) is 7.89. The van der Waals surface area contributed by atoms with Gasteiger partial charge in [-0.15, -0.1) is 0 Å². The molecule has 2 atom stereocenters. The Kier molecular flexibility index (Phi) is 6.93. The molecule has 2 aromatic rings. The van der Waals surface area contributed by atoms with Gasteiger partial charge in [0.1, 0.15) is 17.3 Å². The van der Waals surface area contributed by atoms with Crippen molar-refractivity contribution in [2.75, 3.05) is 26.4 Å². The Hall–Kier alpha value is -3.39. The van der Waals surface area contributed by atoms with Crippen LogP contribution in [-0.4, -0.2) is 59.2 Å². The van der Waals surface area contributed by atoms with Crippen molar-refractivity contribution in [1.82, 2.24) is 9.88 Å². The van der Waals surface area contributed by atoms with Crippen LogP contribution in [0.2, 0.25) is 0 Å². The minimum atomic E-state index is -0.752. The summed E-state index contributed by atoms with van der Waals surface area (Å²) < 4.78 is 17.0. The minimum absolute atomic E-state index is 0.0225. The average Bonchev–Trinajstić information content (AvgIpc) is 3.42. The third kappa shape index (κ3) is 4.57. The number of pyridine rings is 1. The fourth-order valence-electron chi connectivity index (χ4n) is 4.34. The minimum Gasteiger partial charge on any atom is -0.507 e. The average molecular weight is 453 g/mol. The Morgan fingerprint density at radius 2 is 1.91 bits per heavy atom. The quantitative estimate of drug-likeness (QED) is 0.372. The Morgan fingerprint density at radius 1 is 1.15 bits per heavy atom. The molecule has 3 heterocycles. The van der Waals surface area contributed by atoms with Crippen LogP contribution in [0.5, 0.6) is 11.5 Å². The van der Waals surface area contributed by atoms with Crippen LogP contribution >= 0.6 is 0 Å². The number of carbonyl (C=O) groups excluding carboxylic acids is 2. The highest BCUT2D eigenvalue weighted by Crippen LogP contribution is 2.42. The lowest BCUT2D eigenvalue weighted by atomic mass is 9.95. The number of aromatic nitrogens is 1. The van der Waals surface area contributed by atoms with Crippen molar-refractivity contribution in [2.24, 2.45) is 0 Å². The number of rotatable bonds is 8. The molecule has 1 aromatic carbocycles. The Morgan fingerprint density at radius 3 is 2.58 bits per heavy atom. The molecule has 2 unspecified atom stereocenters. The van der Waals surface area contributed by atoms with Crippen molar-refractivity contribution in [3.05, 3.63) is 59.4 Å². The zero-order valence-corrected chi connectivity index (χ0v) is 18.8. The van der Waals surface area contributed by atoms with E-state index >= 15 is 0 Å². The molecule has 0 aliphatic carbocycles. The number of ether oxygens (including phenoxy) is 3. The van der Waals surface area contributed by atoms with E-state index in [1.807, 2.05) is 13.8 Å². The van der Waals surface area contributed by atoms with Gasteiger partial charge in [0.15, 0.2) is 0 Å². The number of hydrogen-bond acceptors (Lipinski definition) is 7. The summed E-state index contributed by atoms with van der Waals surface area (Å²) in [7, 11) is 0. The van der Waals surface area contributed by atoms with Crippen molar-refractivity contribution < 1.29 is 28.9 Å². The van der Waals surface area contributed by atoms with Crippen LogP contribution in [0.1, 0.15) is 43.9 Å². The standard InChI is InChI=1S/C25H28N2O6/c1-3-31-17-7-8-19(20(14-17)32-4-2)23(28)21-22(16-9-11-26-12-10-16)27(25(30)24(21)29)15-18-6-5-13-33-18/h7-12,14,18,22,28H,3-6,13,15H2,1-2H3/b23-21-. The molecule has 1 aromatic heterocycles. The number of benzene rings is 1. The summed E-state index contributed by atoms with van der Waals surface area (Å²) in [6, 6.07) is 7.75. The van der Waals surface area contributed by atoms with Gasteiger partial charge in [0.2, 0.25) is 0 Å². The molecule has 174 valence electrons. The highest BCUT2D eigenvalue weighted by molar-refractivity contribution is 6.46. The molecule has 2 aliphatic heterocycles. The largest absolute Gasteiger partial charge is 0.507 e. The SMILES string of the molecule is CCOc1ccc(/C(O)=C2/C(=O)C(=O)N(CC3CCCO3)C2c2ccncc2)c(OCC)c1. The second-order valence-corrected chi connectivity index (χ2v) is 7.89. The maximum atomic E-state index is 13.2. The van der Waals surface area contributed by atoms with Crippen LogP contribution < -0.4 is 9.47 Å². The zero-order valence-electron chi connectivity index (χ0n) is 18.8. The van der Waals surface area contributed by atoms with Gasteiger partial charge in [0, 0.05) is 31.6 Å². The fourth-order valence-corrected chi connectivity index (χ4v) is 4.34. The summed E-state index contributed by atoms with van der Waals surface area (Å²) in [6.45, 7) is 5.45. The summed E-state index contributed by atoms with van der Waals surface area (Å²) in [6.07, 6.45) is 4.79. The number of amides is 1. The Balaban J connectivity index is 1.82. The zero-order chi connectivity index (χ0) is 23.4. The van der Waals surface area contributed by atoms with Crippen LogP contribution in [0.4, 0.5) is 0 Å². The van der Waals surface area contributed by atoms with E-state index in [1.165, 1.54) is 4.90 Å². The molecule has 8 heteroatoms. The number of hydrogen-bond donors (Lipinski definition) is 1. The van der Waals surface area contributed by atoms with E-state index in [2.05, 4.69) is 4.98 Å². The molecule has 0 bridgehead atoms. The molecule has 2 saturated heterocycles. The Labute approximate surface area is 192 Å². The first-order chi connectivity index (χ1) is 16.0.